The van der Waals surface area contributed by atoms with Crippen LogP contribution in [0.5, 0.6) is 0 Å². The van der Waals surface area contributed by atoms with Crippen LogP contribution < -0.4 is 5.73 Å². The van der Waals surface area contributed by atoms with Crippen LogP contribution in [-0.2, 0) is 9.47 Å². The summed E-state index contributed by atoms with van der Waals surface area (Å²) in [5.74, 6) is 0. The second-order valence-corrected chi connectivity index (χ2v) is 4.60. The van der Waals surface area contributed by atoms with Crippen LogP contribution in [0.1, 0.15) is 6.42 Å². The van der Waals surface area contributed by atoms with E-state index in [9.17, 15) is 4.79 Å². The smallest absolute Gasteiger partial charge is 0.320 e. The van der Waals surface area contributed by atoms with E-state index in [1.165, 1.54) is 0 Å². The average molecular weight is 275 g/mol. The molecule has 1 fully saturated rings. The van der Waals surface area contributed by atoms with Crippen LogP contribution in [-0.4, -0.2) is 73.9 Å². The zero-order valence-electron chi connectivity index (χ0n) is 10.8. The molecule has 104 valence electrons. The monoisotopic (exact) mass is 275 g/mol. The average Bonchev–Trinajstić information content (AvgIpc) is 2.39. The number of hydrogen-bond acceptors (Lipinski definition) is 4. The van der Waals surface area contributed by atoms with E-state index in [1.54, 1.807) is 16.9 Å². The van der Waals surface area contributed by atoms with Crippen molar-refractivity contribution in [2.45, 2.75) is 6.42 Å². The minimum absolute atomic E-state index is 0.00611. The third-order valence-corrected chi connectivity index (χ3v) is 2.95. The zero-order valence-corrected chi connectivity index (χ0v) is 11.6. The largest absolute Gasteiger partial charge is 0.393 e. The van der Waals surface area contributed by atoms with E-state index in [4.69, 9.17) is 27.4 Å². The Morgan fingerprint density at radius 3 is 2.67 bits per heavy atom. The highest BCUT2D eigenvalue weighted by molar-refractivity contribution is 7.80. The third kappa shape index (κ3) is 5.16. The predicted molar refractivity (Wildman–Crippen MR) is 72.6 cm³/mol. The van der Waals surface area contributed by atoms with Gasteiger partial charge in [0.25, 0.3) is 0 Å². The molecule has 0 atom stereocenters. The first-order valence-electron chi connectivity index (χ1n) is 6.04. The van der Waals surface area contributed by atoms with Crippen LogP contribution in [0.4, 0.5) is 4.79 Å². The molecule has 1 aliphatic heterocycles. The molecule has 6 nitrogen and oxygen atoms in total. The summed E-state index contributed by atoms with van der Waals surface area (Å²) in [6.07, 6.45) is 0.537. The second kappa shape index (κ2) is 8.23. The molecule has 0 unspecified atom stereocenters. The first kappa shape index (κ1) is 15.1. The van der Waals surface area contributed by atoms with E-state index < -0.39 is 0 Å². The number of thiocarbonyl (C=S) groups is 1. The van der Waals surface area contributed by atoms with Crippen molar-refractivity contribution < 1.29 is 14.3 Å². The first-order chi connectivity index (χ1) is 8.65. The summed E-state index contributed by atoms with van der Waals surface area (Å²) in [6.45, 7) is 4.06. The SMILES string of the molecule is COCCN(CCC(N)=S)C(=O)N1CCOCC1. The van der Waals surface area contributed by atoms with Crippen molar-refractivity contribution in [2.24, 2.45) is 5.73 Å². The van der Waals surface area contributed by atoms with E-state index in [0.29, 0.717) is 57.4 Å². The molecule has 2 amide bonds. The minimum atomic E-state index is 0.00611. The van der Waals surface area contributed by atoms with Crippen molar-refractivity contribution in [3.05, 3.63) is 0 Å². The van der Waals surface area contributed by atoms with Crippen molar-refractivity contribution in [2.75, 3.05) is 53.1 Å². The fourth-order valence-electron chi connectivity index (χ4n) is 1.70. The van der Waals surface area contributed by atoms with Gasteiger partial charge in [-0.15, -0.1) is 0 Å². The Labute approximate surface area is 113 Å². The Kier molecular flexibility index (Phi) is 6.92. The predicted octanol–water partition coefficient (Wildman–Crippen LogP) is 0.0632. The molecule has 0 saturated carbocycles. The number of carbonyl (C=O) groups is 1. The van der Waals surface area contributed by atoms with Crippen molar-refractivity contribution in [1.29, 1.82) is 0 Å². The highest BCUT2D eigenvalue weighted by Crippen LogP contribution is 2.04. The maximum Gasteiger partial charge on any atom is 0.320 e. The number of methoxy groups -OCH3 is 1. The number of morpholine rings is 1. The maximum atomic E-state index is 12.3. The van der Waals surface area contributed by atoms with Gasteiger partial charge in [-0.2, -0.15) is 0 Å². The normalized spacial score (nSPS) is 15.5. The summed E-state index contributed by atoms with van der Waals surface area (Å²) >= 11 is 4.84. The Morgan fingerprint density at radius 1 is 1.44 bits per heavy atom. The van der Waals surface area contributed by atoms with Gasteiger partial charge in [0, 0.05) is 39.7 Å². The number of urea groups is 1. The molecule has 18 heavy (non-hydrogen) atoms. The van der Waals surface area contributed by atoms with Crippen molar-refractivity contribution >= 4 is 23.2 Å². The molecule has 2 N–H and O–H groups in total. The Bertz CT molecular complexity index is 283. The summed E-state index contributed by atoms with van der Waals surface area (Å²) in [4.78, 5) is 16.2. The zero-order chi connectivity index (χ0) is 13.4. The van der Waals surface area contributed by atoms with Gasteiger partial charge >= 0.3 is 6.03 Å². The Morgan fingerprint density at radius 2 is 2.11 bits per heavy atom. The first-order valence-corrected chi connectivity index (χ1v) is 6.45. The minimum Gasteiger partial charge on any atom is -0.393 e. The third-order valence-electron chi connectivity index (χ3n) is 2.75. The lowest BCUT2D eigenvalue weighted by Gasteiger charge is -2.32. The molecular formula is C11H21N3O3S. The molecule has 0 aliphatic carbocycles. The topological polar surface area (TPSA) is 68.0 Å². The van der Waals surface area contributed by atoms with E-state index in [0.717, 1.165) is 0 Å². The molecule has 1 heterocycles. The number of carbonyl (C=O) groups excluding carboxylic acids is 1. The molecule has 0 radical (unpaired) electrons. The molecule has 7 heteroatoms. The molecule has 0 aromatic heterocycles. The van der Waals surface area contributed by atoms with E-state index in [-0.39, 0.29) is 6.03 Å². The van der Waals surface area contributed by atoms with Gasteiger partial charge in [-0.05, 0) is 0 Å². The second-order valence-electron chi connectivity index (χ2n) is 4.08. The number of nitrogens with two attached hydrogens (primary N) is 1. The van der Waals surface area contributed by atoms with Crippen molar-refractivity contribution in [3.8, 4) is 0 Å². The summed E-state index contributed by atoms with van der Waals surface area (Å²) in [7, 11) is 1.62. The van der Waals surface area contributed by atoms with Gasteiger partial charge < -0.3 is 25.0 Å². The highest BCUT2D eigenvalue weighted by atomic mass is 32.1. The van der Waals surface area contributed by atoms with Crippen LogP contribution >= 0.6 is 12.2 Å². The van der Waals surface area contributed by atoms with Gasteiger partial charge in [-0.3, -0.25) is 0 Å². The molecule has 1 rings (SSSR count). The Balaban J connectivity index is 2.50. The standard InChI is InChI=1S/C11H21N3O3S/c1-16-7-4-13(3-2-10(12)18)11(15)14-5-8-17-9-6-14/h2-9H2,1H3,(H2,12,18). The fraction of sp³-hybridized carbons (Fsp3) is 0.818. The molecular weight excluding hydrogens is 254 g/mol. The quantitative estimate of drug-likeness (QED) is 0.694. The Hall–Kier alpha value is -0.920. The van der Waals surface area contributed by atoms with Gasteiger partial charge in [-0.25, -0.2) is 4.79 Å². The summed E-state index contributed by atoms with van der Waals surface area (Å²) in [5, 5.41) is 0. The van der Waals surface area contributed by atoms with Crippen LogP contribution in [0.2, 0.25) is 0 Å². The number of hydrogen-bond donors (Lipinski definition) is 1. The van der Waals surface area contributed by atoms with Crippen LogP contribution in [0.25, 0.3) is 0 Å². The van der Waals surface area contributed by atoms with Crippen molar-refractivity contribution in [1.82, 2.24) is 9.80 Å². The molecule has 0 aromatic carbocycles. The number of ether oxygens (including phenoxy) is 2. The number of rotatable bonds is 6. The summed E-state index contributed by atoms with van der Waals surface area (Å²) < 4.78 is 10.2. The van der Waals surface area contributed by atoms with Crippen molar-refractivity contribution in [3.63, 3.8) is 0 Å². The van der Waals surface area contributed by atoms with Crippen LogP contribution in [0.15, 0.2) is 0 Å². The molecule has 1 saturated heterocycles. The fourth-order valence-corrected chi connectivity index (χ4v) is 1.80. The van der Waals surface area contributed by atoms with E-state index in [1.807, 2.05) is 0 Å². The molecule has 1 aliphatic rings. The lowest BCUT2D eigenvalue weighted by Crippen LogP contribution is -2.49. The van der Waals surface area contributed by atoms with Gasteiger partial charge in [0.15, 0.2) is 0 Å². The van der Waals surface area contributed by atoms with Crippen LogP contribution in [0.3, 0.4) is 0 Å². The number of amides is 2. The van der Waals surface area contributed by atoms with Gasteiger partial charge in [0.1, 0.15) is 0 Å². The lowest BCUT2D eigenvalue weighted by molar-refractivity contribution is 0.0411. The van der Waals surface area contributed by atoms with Gasteiger partial charge in [0.2, 0.25) is 0 Å². The molecule has 0 aromatic rings. The summed E-state index contributed by atoms with van der Waals surface area (Å²) in [5.41, 5.74) is 5.48. The lowest BCUT2D eigenvalue weighted by atomic mass is 10.3. The summed E-state index contributed by atoms with van der Waals surface area (Å²) in [6, 6.07) is 0.00611. The van der Waals surface area contributed by atoms with Gasteiger partial charge in [-0.1, -0.05) is 12.2 Å². The molecule has 0 spiro atoms. The van der Waals surface area contributed by atoms with E-state index >= 15 is 0 Å². The molecule has 0 bridgehead atoms. The van der Waals surface area contributed by atoms with Gasteiger partial charge in [0.05, 0.1) is 24.8 Å². The number of nitrogens with zero attached hydrogens (tertiary/aromatic N) is 2. The van der Waals surface area contributed by atoms with E-state index in [2.05, 4.69) is 0 Å². The van der Waals surface area contributed by atoms with Crippen LogP contribution in [0, 0.1) is 0 Å². The maximum absolute atomic E-state index is 12.3. The highest BCUT2D eigenvalue weighted by Gasteiger charge is 2.22.